The second-order valence-electron chi connectivity index (χ2n) is 6.62. The van der Waals surface area contributed by atoms with Gasteiger partial charge in [0.15, 0.2) is 0 Å². The molecule has 30 heavy (non-hydrogen) atoms. The Kier molecular flexibility index (Phi) is 6.30. The third-order valence-electron chi connectivity index (χ3n) is 4.64. The molecule has 0 saturated carbocycles. The Balaban J connectivity index is 1.92. The topological polar surface area (TPSA) is 75.7 Å². The minimum absolute atomic E-state index is 0.0444. The lowest BCUT2D eigenvalue weighted by molar-refractivity contribution is -0.137. The van der Waals surface area contributed by atoms with Crippen LogP contribution in [0.5, 0.6) is 5.75 Å². The lowest BCUT2D eigenvalue weighted by Crippen LogP contribution is -2.28. The predicted octanol–water partition coefficient (Wildman–Crippen LogP) is 4.40. The second kappa shape index (κ2) is 8.44. The van der Waals surface area contributed by atoms with Gasteiger partial charge in [-0.2, -0.15) is 17.5 Å². The average molecular weight is 463 g/mol. The van der Waals surface area contributed by atoms with Crippen LogP contribution in [0.3, 0.4) is 0 Å². The predicted molar refractivity (Wildman–Crippen MR) is 105 cm³/mol. The van der Waals surface area contributed by atoms with Crippen molar-refractivity contribution in [3.05, 3.63) is 52.5 Å². The second-order valence-corrected chi connectivity index (χ2v) is 8.94. The van der Waals surface area contributed by atoms with Gasteiger partial charge in [0, 0.05) is 24.3 Å². The molecular weight excluding hydrogens is 445 g/mol. The number of halogens is 4. The minimum atomic E-state index is -4.69. The number of methoxy groups -OCH3 is 1. The zero-order chi connectivity index (χ0) is 22.1. The van der Waals surface area contributed by atoms with Crippen LogP contribution in [-0.4, -0.2) is 38.8 Å². The molecule has 2 aromatic carbocycles. The van der Waals surface area contributed by atoms with Gasteiger partial charge in [0.1, 0.15) is 10.6 Å². The van der Waals surface area contributed by atoms with Gasteiger partial charge >= 0.3 is 6.18 Å². The standard InChI is InChI=1S/C19H18ClF3N2O4S/c1-29-16-7-4-12(10-17(16)30(27,28)25-8-2-3-9-25)18(26)24-13-5-6-15(20)14(11-13)19(21,22)23/h4-7,10-11H,2-3,8-9H2,1H3,(H,24,26). The molecule has 1 saturated heterocycles. The third kappa shape index (κ3) is 4.55. The van der Waals surface area contributed by atoms with Crippen molar-refractivity contribution in [1.82, 2.24) is 4.31 Å². The number of benzene rings is 2. The lowest BCUT2D eigenvalue weighted by atomic mass is 10.1. The van der Waals surface area contributed by atoms with E-state index in [-0.39, 0.29) is 21.9 Å². The van der Waals surface area contributed by atoms with E-state index < -0.39 is 32.7 Å². The van der Waals surface area contributed by atoms with Gasteiger partial charge in [-0.1, -0.05) is 11.6 Å². The van der Waals surface area contributed by atoms with E-state index >= 15 is 0 Å². The van der Waals surface area contributed by atoms with Crippen molar-refractivity contribution in [3.8, 4) is 5.75 Å². The summed E-state index contributed by atoms with van der Waals surface area (Å²) in [6.45, 7) is 0.736. The molecule has 1 fully saturated rings. The quantitative estimate of drug-likeness (QED) is 0.714. The van der Waals surface area contributed by atoms with E-state index in [0.717, 1.165) is 25.0 Å². The number of sulfonamides is 1. The molecular formula is C19H18ClF3N2O4S. The van der Waals surface area contributed by atoms with Crippen LogP contribution in [0, 0.1) is 0 Å². The number of nitrogens with one attached hydrogen (secondary N) is 1. The van der Waals surface area contributed by atoms with Crippen molar-refractivity contribution in [2.75, 3.05) is 25.5 Å². The number of hydrogen-bond acceptors (Lipinski definition) is 4. The van der Waals surface area contributed by atoms with Crippen molar-refractivity contribution in [2.24, 2.45) is 0 Å². The molecule has 1 aliphatic rings. The van der Waals surface area contributed by atoms with E-state index in [4.69, 9.17) is 16.3 Å². The molecule has 6 nitrogen and oxygen atoms in total. The number of amides is 1. The number of anilines is 1. The highest BCUT2D eigenvalue weighted by Gasteiger charge is 2.34. The highest BCUT2D eigenvalue weighted by atomic mass is 35.5. The molecule has 3 rings (SSSR count). The first-order valence-corrected chi connectivity index (χ1v) is 10.7. The minimum Gasteiger partial charge on any atom is -0.495 e. The summed E-state index contributed by atoms with van der Waals surface area (Å²) in [6, 6.07) is 6.78. The summed E-state index contributed by atoms with van der Waals surface area (Å²) in [5.74, 6) is -0.699. The van der Waals surface area contributed by atoms with Crippen LogP contribution in [0.25, 0.3) is 0 Å². The Morgan fingerprint density at radius 2 is 1.80 bits per heavy atom. The molecule has 1 heterocycles. The van der Waals surface area contributed by atoms with Crippen LogP contribution in [0.15, 0.2) is 41.3 Å². The van der Waals surface area contributed by atoms with Gasteiger partial charge in [0.05, 0.1) is 17.7 Å². The zero-order valence-electron chi connectivity index (χ0n) is 15.8. The molecule has 1 aliphatic heterocycles. The van der Waals surface area contributed by atoms with Crippen molar-refractivity contribution >= 4 is 33.2 Å². The summed E-state index contributed by atoms with van der Waals surface area (Å²) in [7, 11) is -2.57. The Morgan fingerprint density at radius 3 is 2.40 bits per heavy atom. The number of hydrogen-bond donors (Lipinski definition) is 1. The first kappa shape index (κ1) is 22.4. The smallest absolute Gasteiger partial charge is 0.417 e. The summed E-state index contributed by atoms with van der Waals surface area (Å²) in [4.78, 5) is 12.4. The Morgan fingerprint density at radius 1 is 1.13 bits per heavy atom. The van der Waals surface area contributed by atoms with Crippen LogP contribution in [-0.2, 0) is 16.2 Å². The molecule has 0 bridgehead atoms. The van der Waals surface area contributed by atoms with Crippen molar-refractivity contribution in [3.63, 3.8) is 0 Å². The molecule has 162 valence electrons. The van der Waals surface area contributed by atoms with Crippen molar-refractivity contribution < 1.29 is 31.1 Å². The normalized spacial score (nSPS) is 15.2. The monoisotopic (exact) mass is 462 g/mol. The summed E-state index contributed by atoms with van der Waals surface area (Å²) in [5, 5.41) is 1.84. The molecule has 0 radical (unpaired) electrons. The molecule has 2 aromatic rings. The van der Waals surface area contributed by atoms with E-state index in [1.807, 2.05) is 0 Å². The SMILES string of the molecule is COc1ccc(C(=O)Nc2ccc(Cl)c(C(F)(F)F)c2)cc1S(=O)(=O)N1CCCC1. The van der Waals surface area contributed by atoms with E-state index in [2.05, 4.69) is 5.32 Å². The average Bonchev–Trinajstić information content (AvgIpc) is 3.23. The fraction of sp³-hybridized carbons (Fsp3) is 0.316. The van der Waals surface area contributed by atoms with Crippen LogP contribution >= 0.6 is 11.6 Å². The van der Waals surface area contributed by atoms with E-state index in [9.17, 15) is 26.4 Å². The Bertz CT molecular complexity index is 1070. The fourth-order valence-electron chi connectivity index (χ4n) is 3.11. The first-order chi connectivity index (χ1) is 14.0. The van der Waals surface area contributed by atoms with Crippen molar-refractivity contribution in [1.29, 1.82) is 0 Å². The van der Waals surface area contributed by atoms with E-state index in [0.29, 0.717) is 19.2 Å². The van der Waals surface area contributed by atoms with Gasteiger partial charge in [0.2, 0.25) is 10.0 Å². The molecule has 0 aliphatic carbocycles. The third-order valence-corrected chi connectivity index (χ3v) is 6.89. The Labute approximate surface area is 176 Å². The molecule has 1 amide bonds. The van der Waals surface area contributed by atoms with Crippen LogP contribution in [0.1, 0.15) is 28.8 Å². The van der Waals surface area contributed by atoms with Crippen molar-refractivity contribution in [2.45, 2.75) is 23.9 Å². The van der Waals surface area contributed by atoms with Gasteiger partial charge in [-0.3, -0.25) is 4.79 Å². The molecule has 0 atom stereocenters. The number of ether oxygens (including phenoxy) is 1. The molecule has 11 heteroatoms. The number of rotatable bonds is 5. The van der Waals surface area contributed by atoms with Gasteiger partial charge in [-0.05, 0) is 49.2 Å². The summed E-state index contributed by atoms with van der Waals surface area (Å²) in [6.07, 6.45) is -3.21. The van der Waals surface area contributed by atoms with Gasteiger partial charge in [0.25, 0.3) is 5.91 Å². The van der Waals surface area contributed by atoms with Gasteiger partial charge in [-0.15, -0.1) is 0 Å². The maximum atomic E-state index is 13.0. The highest BCUT2D eigenvalue weighted by Crippen LogP contribution is 2.36. The van der Waals surface area contributed by atoms with Crippen LogP contribution in [0.2, 0.25) is 5.02 Å². The number of nitrogens with zero attached hydrogens (tertiary/aromatic N) is 1. The van der Waals surface area contributed by atoms with E-state index in [1.165, 1.54) is 29.6 Å². The maximum Gasteiger partial charge on any atom is 0.417 e. The first-order valence-electron chi connectivity index (χ1n) is 8.90. The lowest BCUT2D eigenvalue weighted by Gasteiger charge is -2.18. The van der Waals surface area contributed by atoms with E-state index in [1.54, 1.807) is 0 Å². The zero-order valence-corrected chi connectivity index (χ0v) is 17.4. The van der Waals surface area contributed by atoms with Gasteiger partial charge in [-0.25, -0.2) is 8.42 Å². The summed E-state index contributed by atoms with van der Waals surface area (Å²) in [5.41, 5.74) is -1.26. The Hall–Kier alpha value is -2.30. The summed E-state index contributed by atoms with van der Waals surface area (Å²) >= 11 is 5.58. The largest absolute Gasteiger partial charge is 0.495 e. The molecule has 0 unspecified atom stereocenters. The fourth-order valence-corrected chi connectivity index (χ4v) is 5.03. The highest BCUT2D eigenvalue weighted by molar-refractivity contribution is 7.89. The number of carbonyl (C=O) groups excluding carboxylic acids is 1. The number of carbonyl (C=O) groups is 1. The molecule has 0 spiro atoms. The summed E-state index contributed by atoms with van der Waals surface area (Å²) < 4.78 is 71.3. The van der Waals surface area contributed by atoms with Crippen LogP contribution < -0.4 is 10.1 Å². The molecule has 1 N–H and O–H groups in total. The maximum absolute atomic E-state index is 13.0. The van der Waals surface area contributed by atoms with Gasteiger partial charge < -0.3 is 10.1 Å². The van der Waals surface area contributed by atoms with Crippen LogP contribution in [0.4, 0.5) is 18.9 Å². The molecule has 0 aromatic heterocycles. The number of alkyl halides is 3.